The molecule has 0 bridgehead atoms. The zero-order chi connectivity index (χ0) is 18.6. The quantitative estimate of drug-likeness (QED) is 0.398. The van der Waals surface area contributed by atoms with Gasteiger partial charge in [-0.05, 0) is 30.3 Å². The van der Waals surface area contributed by atoms with Crippen molar-refractivity contribution in [3.05, 3.63) is 89.4 Å². The molecular formula is C19H15ClN2O3S. The van der Waals surface area contributed by atoms with E-state index in [1.807, 2.05) is 6.07 Å². The highest BCUT2D eigenvalue weighted by Gasteiger charge is 2.15. The van der Waals surface area contributed by atoms with E-state index >= 15 is 0 Å². The van der Waals surface area contributed by atoms with Gasteiger partial charge in [0, 0.05) is 11.3 Å². The van der Waals surface area contributed by atoms with E-state index in [1.165, 1.54) is 24.3 Å². The third-order valence-corrected chi connectivity index (χ3v) is 5.10. The van der Waals surface area contributed by atoms with E-state index in [9.17, 15) is 13.5 Å². The molecule has 5 nitrogen and oxygen atoms in total. The van der Waals surface area contributed by atoms with E-state index in [4.69, 9.17) is 11.6 Å². The minimum Gasteiger partial charge on any atom is -0.506 e. The first-order chi connectivity index (χ1) is 12.5. The number of rotatable bonds is 4. The zero-order valence-corrected chi connectivity index (χ0v) is 15.1. The fourth-order valence-electron chi connectivity index (χ4n) is 2.23. The lowest BCUT2D eigenvalue weighted by molar-refractivity contribution is 0.475. The summed E-state index contributed by atoms with van der Waals surface area (Å²) in [5.74, 6) is 0.0866. The molecule has 0 radical (unpaired) electrons. The molecule has 0 spiro atoms. The molecule has 3 aromatic rings. The summed E-state index contributed by atoms with van der Waals surface area (Å²) in [6, 6.07) is 21.3. The molecule has 0 aliphatic heterocycles. The van der Waals surface area contributed by atoms with Crippen LogP contribution >= 0.6 is 11.6 Å². The molecular weight excluding hydrogens is 372 g/mol. The molecule has 0 aliphatic carbocycles. The second-order valence-electron chi connectivity index (χ2n) is 5.39. The molecule has 0 aromatic heterocycles. The van der Waals surface area contributed by atoms with Gasteiger partial charge in [-0.2, -0.15) is 8.42 Å². The number of anilines is 1. The molecule has 0 atom stereocenters. The minimum atomic E-state index is -3.90. The first-order valence-electron chi connectivity index (χ1n) is 7.67. The van der Waals surface area contributed by atoms with Crippen LogP contribution in [0.2, 0.25) is 5.02 Å². The highest BCUT2D eigenvalue weighted by atomic mass is 35.5. The summed E-state index contributed by atoms with van der Waals surface area (Å²) in [6.45, 7) is 0. The van der Waals surface area contributed by atoms with Gasteiger partial charge in [-0.25, -0.2) is 0 Å². The van der Waals surface area contributed by atoms with Crippen LogP contribution in [0.15, 0.2) is 88.2 Å². The van der Waals surface area contributed by atoms with Crippen molar-refractivity contribution in [1.29, 1.82) is 0 Å². The van der Waals surface area contributed by atoms with Crippen molar-refractivity contribution in [3.8, 4) is 5.75 Å². The van der Waals surface area contributed by atoms with Crippen LogP contribution < -0.4 is 5.32 Å². The first-order valence-corrected chi connectivity index (χ1v) is 9.48. The Morgan fingerprint density at radius 2 is 1.54 bits per heavy atom. The van der Waals surface area contributed by atoms with Crippen molar-refractivity contribution in [1.82, 2.24) is 0 Å². The van der Waals surface area contributed by atoms with Crippen LogP contribution in [0.3, 0.4) is 0 Å². The molecule has 0 heterocycles. The lowest BCUT2D eigenvalue weighted by Gasteiger charge is -2.11. The number of hydrogen-bond donors (Lipinski definition) is 2. The van der Waals surface area contributed by atoms with Gasteiger partial charge in [0.1, 0.15) is 5.75 Å². The van der Waals surface area contributed by atoms with Crippen LogP contribution in [-0.2, 0) is 10.0 Å². The Morgan fingerprint density at radius 3 is 2.15 bits per heavy atom. The number of benzene rings is 3. The number of aromatic hydroxyl groups is 1. The molecule has 0 amide bonds. The van der Waals surface area contributed by atoms with Gasteiger partial charge in [0.05, 0.1) is 9.92 Å². The van der Waals surface area contributed by atoms with Crippen LogP contribution in [0.5, 0.6) is 5.75 Å². The summed E-state index contributed by atoms with van der Waals surface area (Å²) in [6.07, 6.45) is 0. The molecule has 0 saturated heterocycles. The monoisotopic (exact) mass is 386 g/mol. The van der Waals surface area contributed by atoms with Gasteiger partial charge in [0.25, 0.3) is 10.0 Å². The van der Waals surface area contributed by atoms with Crippen molar-refractivity contribution in [2.24, 2.45) is 4.40 Å². The van der Waals surface area contributed by atoms with Gasteiger partial charge >= 0.3 is 0 Å². The maximum atomic E-state index is 12.6. The highest BCUT2D eigenvalue weighted by molar-refractivity contribution is 7.90. The van der Waals surface area contributed by atoms with Gasteiger partial charge in [-0.15, -0.1) is 4.40 Å². The Hall–Kier alpha value is -2.83. The second kappa shape index (κ2) is 7.59. The Bertz CT molecular complexity index is 1040. The van der Waals surface area contributed by atoms with Crippen molar-refractivity contribution < 1.29 is 13.5 Å². The van der Waals surface area contributed by atoms with Gasteiger partial charge in [-0.3, -0.25) is 0 Å². The Balaban J connectivity index is 2.05. The largest absolute Gasteiger partial charge is 0.506 e. The molecule has 3 rings (SSSR count). The van der Waals surface area contributed by atoms with Crippen LogP contribution in [0.4, 0.5) is 5.69 Å². The summed E-state index contributed by atoms with van der Waals surface area (Å²) in [5, 5.41) is 12.7. The first kappa shape index (κ1) is 18.0. The third kappa shape index (κ3) is 4.22. The Morgan fingerprint density at radius 1 is 0.923 bits per heavy atom. The number of nitrogens with zero attached hydrogens (tertiary/aromatic N) is 1. The molecule has 0 fully saturated rings. The Kier molecular flexibility index (Phi) is 5.25. The number of amidine groups is 1. The summed E-state index contributed by atoms with van der Waals surface area (Å²) < 4.78 is 29.2. The Labute approximate surface area is 156 Å². The van der Waals surface area contributed by atoms with Gasteiger partial charge < -0.3 is 10.4 Å². The molecule has 0 aliphatic rings. The van der Waals surface area contributed by atoms with E-state index in [2.05, 4.69) is 9.71 Å². The SMILES string of the molecule is O=S(=O)(/N=C(\Nc1ccc(O)c(Cl)c1)c1ccccc1)c1ccccc1. The zero-order valence-electron chi connectivity index (χ0n) is 13.5. The number of halogens is 1. The fraction of sp³-hybridized carbons (Fsp3) is 0. The second-order valence-corrected chi connectivity index (χ2v) is 7.40. The highest BCUT2D eigenvalue weighted by Crippen LogP contribution is 2.26. The molecule has 0 saturated carbocycles. The number of hydrogen-bond acceptors (Lipinski definition) is 3. The predicted molar refractivity (Wildman–Crippen MR) is 103 cm³/mol. The van der Waals surface area contributed by atoms with Crippen molar-refractivity contribution in [3.63, 3.8) is 0 Å². The molecule has 132 valence electrons. The maximum absolute atomic E-state index is 12.6. The normalized spacial score (nSPS) is 12.0. The van der Waals surface area contributed by atoms with E-state index < -0.39 is 10.0 Å². The maximum Gasteiger partial charge on any atom is 0.284 e. The third-order valence-electron chi connectivity index (χ3n) is 3.51. The lowest BCUT2D eigenvalue weighted by Crippen LogP contribution is -2.16. The number of phenols is 1. The standard InChI is InChI=1S/C19H15ClN2O3S/c20-17-13-15(11-12-18(17)23)21-19(14-7-3-1-4-8-14)22-26(24,25)16-9-5-2-6-10-16/h1-13,23H,(H,21,22). The summed E-state index contributed by atoms with van der Waals surface area (Å²) in [7, 11) is -3.90. The molecule has 0 unspecified atom stereocenters. The van der Waals surface area contributed by atoms with Crippen molar-refractivity contribution in [2.75, 3.05) is 5.32 Å². The summed E-state index contributed by atoms with van der Waals surface area (Å²) in [4.78, 5) is 0.0963. The van der Waals surface area contributed by atoms with Crippen LogP contribution in [0.25, 0.3) is 0 Å². The molecule has 2 N–H and O–H groups in total. The number of nitrogens with one attached hydrogen (secondary N) is 1. The van der Waals surface area contributed by atoms with Gasteiger partial charge in [-0.1, -0.05) is 60.1 Å². The average Bonchev–Trinajstić information content (AvgIpc) is 2.65. The van der Waals surface area contributed by atoms with Crippen LogP contribution in [-0.4, -0.2) is 19.4 Å². The minimum absolute atomic E-state index is 0.0627. The molecule has 26 heavy (non-hydrogen) atoms. The van der Waals surface area contributed by atoms with Gasteiger partial charge in [0.15, 0.2) is 5.84 Å². The topological polar surface area (TPSA) is 78.8 Å². The van der Waals surface area contributed by atoms with E-state index in [0.717, 1.165) is 0 Å². The summed E-state index contributed by atoms with van der Waals surface area (Å²) in [5.41, 5.74) is 1.09. The lowest BCUT2D eigenvalue weighted by atomic mass is 10.2. The van der Waals surface area contributed by atoms with Crippen molar-refractivity contribution in [2.45, 2.75) is 4.90 Å². The fourth-order valence-corrected chi connectivity index (χ4v) is 3.41. The summed E-state index contributed by atoms with van der Waals surface area (Å²) >= 11 is 5.92. The number of phenolic OH excluding ortho intramolecular Hbond substituents is 1. The van der Waals surface area contributed by atoms with Crippen LogP contribution in [0.1, 0.15) is 5.56 Å². The van der Waals surface area contributed by atoms with E-state index in [0.29, 0.717) is 11.3 Å². The average molecular weight is 387 g/mol. The van der Waals surface area contributed by atoms with E-state index in [1.54, 1.807) is 48.5 Å². The smallest absolute Gasteiger partial charge is 0.284 e. The van der Waals surface area contributed by atoms with Crippen LogP contribution in [0, 0.1) is 0 Å². The van der Waals surface area contributed by atoms with Gasteiger partial charge in [0.2, 0.25) is 0 Å². The van der Waals surface area contributed by atoms with Crippen molar-refractivity contribution >= 4 is 33.1 Å². The predicted octanol–water partition coefficient (Wildman–Crippen LogP) is 4.29. The number of sulfonamides is 1. The molecule has 3 aromatic carbocycles. The van der Waals surface area contributed by atoms with E-state index in [-0.39, 0.29) is 21.5 Å². The molecule has 7 heteroatoms.